The molecule has 2 aromatic carbocycles. The maximum atomic E-state index is 13.7. The molecule has 0 saturated carbocycles. The van der Waals surface area contributed by atoms with Crippen molar-refractivity contribution in [2.24, 2.45) is 0 Å². The van der Waals surface area contributed by atoms with Crippen molar-refractivity contribution in [2.45, 2.75) is 18.5 Å². The molecule has 0 radical (unpaired) electrons. The number of fused-ring (bicyclic) bond motifs is 4. The van der Waals surface area contributed by atoms with E-state index >= 15 is 0 Å². The summed E-state index contributed by atoms with van der Waals surface area (Å²) in [6.45, 7) is 0. The molecular weight excluding hydrogens is 363 g/mol. The predicted octanol–water partition coefficient (Wildman–Crippen LogP) is 0.741. The van der Waals surface area contributed by atoms with Crippen LogP contribution in [0.2, 0.25) is 0 Å². The number of H-pyrrole nitrogens is 1. The van der Waals surface area contributed by atoms with Crippen molar-refractivity contribution in [3.05, 3.63) is 81.6 Å². The van der Waals surface area contributed by atoms with Crippen molar-refractivity contribution in [3.63, 3.8) is 0 Å². The standard InChI is InChI=1S/C21H15FN2O4/c22-10-5-6-17-13(7-10)20(25)14(9-28-17)19-18-12(8-16(24-19)21(26)27)11-3-1-2-4-15(11)23-18/h1-7,9,16,19,23-24H,8H2,(H,26,27)/t16-,19+/m1/s1. The summed E-state index contributed by atoms with van der Waals surface area (Å²) in [5.74, 6) is -1.74. The van der Waals surface area contributed by atoms with Crippen LogP contribution in [0.5, 0.6) is 0 Å². The lowest BCUT2D eigenvalue weighted by atomic mass is 9.90. The highest BCUT2D eigenvalue weighted by Crippen LogP contribution is 2.31. The number of benzene rings is 2. The fourth-order valence-electron chi connectivity index (χ4n) is 4.08. The zero-order chi connectivity index (χ0) is 19.4. The van der Waals surface area contributed by atoms with Gasteiger partial charge in [-0.2, -0.15) is 0 Å². The van der Waals surface area contributed by atoms with Crippen molar-refractivity contribution >= 4 is 27.8 Å². The van der Waals surface area contributed by atoms with Crippen LogP contribution >= 0.6 is 0 Å². The van der Waals surface area contributed by atoms with Gasteiger partial charge in [-0.15, -0.1) is 0 Å². The zero-order valence-corrected chi connectivity index (χ0v) is 14.6. The van der Waals surface area contributed by atoms with Crippen LogP contribution in [-0.4, -0.2) is 17.0 Å². The first-order valence-electron chi connectivity index (χ1n) is 8.89. The third-order valence-corrected chi connectivity index (χ3v) is 5.41. The minimum Gasteiger partial charge on any atom is -0.544 e. The number of aliphatic carboxylic acids is 1. The van der Waals surface area contributed by atoms with Crippen LogP contribution in [0.4, 0.5) is 4.39 Å². The van der Waals surface area contributed by atoms with E-state index in [1.807, 2.05) is 24.3 Å². The number of carboxylic acid groups (broad SMARTS) is 1. The van der Waals surface area contributed by atoms with Crippen molar-refractivity contribution in [1.82, 2.24) is 4.98 Å². The summed E-state index contributed by atoms with van der Waals surface area (Å²) in [5, 5.41) is 14.3. The molecule has 4 aromatic rings. The largest absolute Gasteiger partial charge is 0.544 e. The number of carboxylic acids is 1. The lowest BCUT2D eigenvalue weighted by Crippen LogP contribution is -2.96. The molecule has 0 spiro atoms. The van der Waals surface area contributed by atoms with Gasteiger partial charge in [-0.3, -0.25) is 4.79 Å². The van der Waals surface area contributed by atoms with Crippen LogP contribution in [-0.2, 0) is 11.2 Å². The predicted molar refractivity (Wildman–Crippen MR) is 97.0 cm³/mol. The highest BCUT2D eigenvalue weighted by atomic mass is 19.1. The summed E-state index contributed by atoms with van der Waals surface area (Å²) in [6, 6.07) is 9.86. The Morgan fingerprint density at radius 1 is 1.21 bits per heavy atom. The monoisotopic (exact) mass is 378 g/mol. The van der Waals surface area contributed by atoms with E-state index in [4.69, 9.17) is 4.42 Å². The van der Waals surface area contributed by atoms with Crippen LogP contribution in [0.3, 0.4) is 0 Å². The van der Waals surface area contributed by atoms with Gasteiger partial charge in [0.25, 0.3) is 0 Å². The van der Waals surface area contributed by atoms with Gasteiger partial charge in [0.15, 0.2) is 6.04 Å². The zero-order valence-electron chi connectivity index (χ0n) is 14.6. The first kappa shape index (κ1) is 16.7. The molecular formula is C21H15FN2O4. The fraction of sp³-hybridized carbons (Fsp3) is 0.143. The molecule has 6 nitrogen and oxygen atoms in total. The highest BCUT2D eigenvalue weighted by Gasteiger charge is 2.36. The SMILES string of the molecule is O=C([O-])[C@H]1Cc2c([nH]c3ccccc23)[C@H](c2coc3ccc(F)cc3c2=O)[NH2+]1. The summed E-state index contributed by atoms with van der Waals surface area (Å²) >= 11 is 0. The van der Waals surface area contributed by atoms with E-state index in [2.05, 4.69) is 4.98 Å². The van der Waals surface area contributed by atoms with Crippen molar-refractivity contribution in [3.8, 4) is 0 Å². The fourth-order valence-corrected chi connectivity index (χ4v) is 4.08. The minimum atomic E-state index is -1.20. The van der Waals surface area contributed by atoms with Crippen LogP contribution in [0.25, 0.3) is 21.9 Å². The molecule has 0 unspecified atom stereocenters. The second-order valence-corrected chi connectivity index (χ2v) is 7.02. The van der Waals surface area contributed by atoms with Crippen molar-refractivity contribution in [2.75, 3.05) is 0 Å². The number of nitrogens with one attached hydrogen (secondary N) is 1. The molecule has 3 N–H and O–H groups in total. The molecule has 1 aliphatic rings. The smallest absolute Gasteiger partial charge is 0.202 e. The molecule has 3 heterocycles. The number of halogens is 1. The number of carbonyl (C=O) groups excluding carboxylic acids is 1. The van der Waals surface area contributed by atoms with Gasteiger partial charge >= 0.3 is 0 Å². The molecule has 1 aliphatic heterocycles. The van der Waals surface area contributed by atoms with Crippen LogP contribution < -0.4 is 15.9 Å². The Morgan fingerprint density at radius 3 is 2.86 bits per heavy atom. The average molecular weight is 378 g/mol. The number of quaternary nitrogens is 1. The Morgan fingerprint density at radius 2 is 2.04 bits per heavy atom. The molecule has 140 valence electrons. The quantitative estimate of drug-likeness (QED) is 0.537. The van der Waals surface area contributed by atoms with Gasteiger partial charge in [0.05, 0.1) is 22.6 Å². The summed E-state index contributed by atoms with van der Waals surface area (Å²) in [4.78, 5) is 28.0. The van der Waals surface area contributed by atoms with E-state index in [0.717, 1.165) is 28.2 Å². The van der Waals surface area contributed by atoms with Gasteiger partial charge in [0.2, 0.25) is 5.43 Å². The lowest BCUT2D eigenvalue weighted by molar-refractivity contribution is -0.717. The second-order valence-electron chi connectivity index (χ2n) is 7.02. The topological polar surface area (TPSA) is 103 Å². The molecule has 0 amide bonds. The summed E-state index contributed by atoms with van der Waals surface area (Å²) in [6.07, 6.45) is 1.61. The van der Waals surface area contributed by atoms with E-state index in [-0.39, 0.29) is 28.4 Å². The summed E-state index contributed by atoms with van der Waals surface area (Å²) < 4.78 is 19.2. The Kier molecular flexibility index (Phi) is 3.60. The summed E-state index contributed by atoms with van der Waals surface area (Å²) in [5.41, 5.74) is 2.61. The highest BCUT2D eigenvalue weighted by molar-refractivity contribution is 5.86. The Bertz CT molecular complexity index is 1310. The number of hydrogen-bond donors (Lipinski definition) is 2. The maximum absolute atomic E-state index is 13.7. The van der Waals surface area contributed by atoms with Gasteiger partial charge in [0.1, 0.15) is 23.7 Å². The number of aromatic nitrogens is 1. The number of carbonyl (C=O) groups is 1. The van der Waals surface area contributed by atoms with E-state index in [1.165, 1.54) is 18.4 Å². The maximum Gasteiger partial charge on any atom is 0.202 e. The Hall–Kier alpha value is -3.45. The first-order chi connectivity index (χ1) is 13.5. The van der Waals surface area contributed by atoms with E-state index < -0.39 is 23.9 Å². The molecule has 0 saturated heterocycles. The third-order valence-electron chi connectivity index (χ3n) is 5.41. The third kappa shape index (κ3) is 2.44. The van der Waals surface area contributed by atoms with E-state index in [9.17, 15) is 19.1 Å². The number of para-hydroxylation sites is 1. The molecule has 0 aliphatic carbocycles. The molecule has 7 heteroatoms. The molecule has 28 heavy (non-hydrogen) atoms. The van der Waals surface area contributed by atoms with Crippen LogP contribution in [0.1, 0.15) is 22.9 Å². The number of rotatable bonds is 2. The minimum absolute atomic E-state index is 0.124. The van der Waals surface area contributed by atoms with Gasteiger partial charge in [0, 0.05) is 17.3 Å². The van der Waals surface area contributed by atoms with Gasteiger partial charge in [-0.1, -0.05) is 18.2 Å². The van der Waals surface area contributed by atoms with Gasteiger partial charge < -0.3 is 24.6 Å². The molecule has 0 bridgehead atoms. The van der Waals surface area contributed by atoms with Gasteiger partial charge in [-0.05, 0) is 29.8 Å². The normalized spacial score (nSPS) is 19.0. The average Bonchev–Trinajstić information content (AvgIpc) is 3.07. The van der Waals surface area contributed by atoms with Crippen molar-refractivity contribution in [1.29, 1.82) is 0 Å². The number of hydrogen-bond acceptors (Lipinski definition) is 4. The number of aromatic amines is 1. The van der Waals surface area contributed by atoms with Crippen LogP contribution in [0, 0.1) is 5.82 Å². The van der Waals surface area contributed by atoms with Gasteiger partial charge in [-0.25, -0.2) is 4.39 Å². The molecule has 2 aromatic heterocycles. The lowest BCUT2D eigenvalue weighted by Gasteiger charge is -2.28. The molecule has 0 fully saturated rings. The Labute approximate surface area is 157 Å². The Balaban J connectivity index is 1.76. The van der Waals surface area contributed by atoms with E-state index in [1.54, 1.807) is 5.32 Å². The van der Waals surface area contributed by atoms with E-state index in [0.29, 0.717) is 0 Å². The molecule has 2 atom stereocenters. The second kappa shape index (κ2) is 6.03. The first-order valence-corrected chi connectivity index (χ1v) is 8.89. The number of nitrogens with two attached hydrogens (primary N) is 1. The molecule has 5 rings (SSSR count). The summed E-state index contributed by atoms with van der Waals surface area (Å²) in [7, 11) is 0. The van der Waals surface area contributed by atoms with Crippen molar-refractivity contribution < 1.29 is 24.0 Å². The van der Waals surface area contributed by atoms with Crippen LogP contribution in [0.15, 0.2) is 57.9 Å².